The molecule has 0 spiro atoms. The van der Waals surface area contributed by atoms with Crippen LogP contribution >= 0.6 is 11.6 Å². The minimum atomic E-state index is -0.580. The number of esters is 1. The third kappa shape index (κ3) is 6.20. The zero-order valence-electron chi connectivity index (χ0n) is 18.5. The third-order valence-corrected chi connectivity index (χ3v) is 5.80. The molecule has 0 radical (unpaired) electrons. The van der Waals surface area contributed by atoms with Gasteiger partial charge >= 0.3 is 5.97 Å². The minimum absolute atomic E-state index is 0.0109. The summed E-state index contributed by atoms with van der Waals surface area (Å²) >= 11 is 6.26. The molecule has 0 aromatic heterocycles. The Bertz CT molecular complexity index is 1000. The van der Waals surface area contributed by atoms with Gasteiger partial charge in [0.2, 0.25) is 5.91 Å². The second kappa shape index (κ2) is 11.6. The fraction of sp³-hybridized carbons (Fsp3) is 0.360. The van der Waals surface area contributed by atoms with Gasteiger partial charge in [0.15, 0.2) is 0 Å². The summed E-state index contributed by atoms with van der Waals surface area (Å²) in [7, 11) is 0. The van der Waals surface area contributed by atoms with Crippen LogP contribution in [0.5, 0.6) is 0 Å². The molecule has 1 heterocycles. The normalized spacial score (nSPS) is 13.6. The molecule has 1 N–H and O–H groups in total. The van der Waals surface area contributed by atoms with Gasteiger partial charge in [0.1, 0.15) is 0 Å². The van der Waals surface area contributed by atoms with Gasteiger partial charge in [-0.2, -0.15) is 0 Å². The Labute approximate surface area is 198 Å². The Balaban J connectivity index is 1.46. The lowest BCUT2D eigenvalue weighted by molar-refractivity contribution is -0.143. The Morgan fingerprint density at radius 2 is 1.61 bits per heavy atom. The Kier molecular flexibility index (Phi) is 8.60. The zero-order chi connectivity index (χ0) is 23.8. The minimum Gasteiger partial charge on any atom is -0.466 e. The number of hydrogen-bond acceptors (Lipinski definition) is 5. The van der Waals surface area contributed by atoms with Gasteiger partial charge in [0, 0.05) is 18.0 Å². The van der Waals surface area contributed by atoms with Gasteiger partial charge in [-0.15, -0.1) is 0 Å². The van der Waals surface area contributed by atoms with E-state index in [9.17, 15) is 19.2 Å². The first-order valence-corrected chi connectivity index (χ1v) is 11.4. The molecule has 33 heavy (non-hydrogen) atoms. The molecule has 1 aliphatic heterocycles. The number of ether oxygens (including phenoxy) is 1. The van der Waals surface area contributed by atoms with Crippen LogP contribution in [0.3, 0.4) is 0 Å². The molecule has 2 aromatic carbocycles. The number of benzene rings is 2. The number of fused-ring (bicyclic) bond motifs is 1. The van der Waals surface area contributed by atoms with E-state index in [1.165, 1.54) is 4.90 Å². The van der Waals surface area contributed by atoms with E-state index in [1.54, 1.807) is 55.5 Å². The van der Waals surface area contributed by atoms with Crippen LogP contribution in [0.25, 0.3) is 0 Å². The average Bonchev–Trinajstić information content (AvgIpc) is 3.04. The highest BCUT2D eigenvalue weighted by molar-refractivity contribution is 6.31. The van der Waals surface area contributed by atoms with Crippen LogP contribution in [-0.4, -0.2) is 41.7 Å². The standard InChI is InChI=1S/C25H27ClN2O5/c1-2-33-23(30)16-21(19-12-7-8-13-20(19)26)27-22(29)14-4-3-9-15-28-24(31)17-10-5-6-11-18(17)25(28)32/h5-8,10-13,21H,2-4,9,14-16H2,1H3,(H,27,29). The van der Waals surface area contributed by atoms with Crippen LogP contribution in [0, 0.1) is 0 Å². The number of nitrogens with zero attached hydrogens (tertiary/aromatic N) is 1. The molecule has 0 fully saturated rings. The van der Waals surface area contributed by atoms with Gasteiger partial charge in [-0.25, -0.2) is 0 Å². The summed E-state index contributed by atoms with van der Waals surface area (Å²) in [4.78, 5) is 50.6. The van der Waals surface area contributed by atoms with Crippen molar-refractivity contribution < 1.29 is 23.9 Å². The number of hydrogen-bond donors (Lipinski definition) is 1. The third-order valence-electron chi connectivity index (χ3n) is 5.46. The lowest BCUT2D eigenvalue weighted by Gasteiger charge is -2.20. The molecule has 0 aliphatic carbocycles. The smallest absolute Gasteiger partial charge is 0.308 e. The summed E-state index contributed by atoms with van der Waals surface area (Å²) in [6, 6.07) is 13.3. The molecule has 1 atom stereocenters. The van der Waals surface area contributed by atoms with Crippen molar-refractivity contribution in [3.8, 4) is 0 Å². The first kappa shape index (κ1) is 24.5. The van der Waals surface area contributed by atoms with Gasteiger partial charge < -0.3 is 10.1 Å². The molecule has 7 nitrogen and oxygen atoms in total. The van der Waals surface area contributed by atoms with Crippen LogP contribution in [0.1, 0.15) is 71.3 Å². The highest BCUT2D eigenvalue weighted by Gasteiger charge is 2.34. The Morgan fingerprint density at radius 1 is 0.970 bits per heavy atom. The summed E-state index contributed by atoms with van der Waals surface area (Å²) in [6.07, 6.45) is 2.11. The van der Waals surface area contributed by atoms with E-state index in [1.807, 2.05) is 0 Å². The molecule has 0 bridgehead atoms. The molecule has 2 aromatic rings. The van der Waals surface area contributed by atoms with Crippen LogP contribution in [0.2, 0.25) is 5.02 Å². The molecular weight excluding hydrogens is 444 g/mol. The molecule has 8 heteroatoms. The first-order valence-electron chi connectivity index (χ1n) is 11.1. The monoisotopic (exact) mass is 470 g/mol. The average molecular weight is 471 g/mol. The number of imide groups is 1. The fourth-order valence-electron chi connectivity index (χ4n) is 3.82. The van der Waals surface area contributed by atoms with Crippen LogP contribution in [0.4, 0.5) is 0 Å². The van der Waals surface area contributed by atoms with E-state index in [0.29, 0.717) is 47.5 Å². The van der Waals surface area contributed by atoms with E-state index < -0.39 is 12.0 Å². The van der Waals surface area contributed by atoms with Gasteiger partial charge in [-0.3, -0.25) is 24.1 Å². The summed E-state index contributed by atoms with van der Waals surface area (Å²) in [5.41, 5.74) is 1.54. The maximum absolute atomic E-state index is 12.5. The van der Waals surface area contributed by atoms with Crippen LogP contribution < -0.4 is 5.32 Å². The van der Waals surface area contributed by atoms with Crippen molar-refractivity contribution in [3.05, 3.63) is 70.2 Å². The first-order chi connectivity index (χ1) is 15.9. The van der Waals surface area contributed by atoms with Crippen LogP contribution in [-0.2, 0) is 14.3 Å². The van der Waals surface area contributed by atoms with Gasteiger partial charge in [-0.1, -0.05) is 48.4 Å². The molecular formula is C25H27ClN2O5. The largest absolute Gasteiger partial charge is 0.466 e. The summed E-state index contributed by atoms with van der Waals surface area (Å²) in [5, 5.41) is 3.34. The van der Waals surface area contributed by atoms with Crippen molar-refractivity contribution in [1.29, 1.82) is 0 Å². The van der Waals surface area contributed by atoms with Crippen molar-refractivity contribution in [3.63, 3.8) is 0 Å². The van der Waals surface area contributed by atoms with Crippen molar-refractivity contribution in [2.24, 2.45) is 0 Å². The van der Waals surface area contributed by atoms with E-state index in [4.69, 9.17) is 16.3 Å². The van der Waals surface area contributed by atoms with Crippen molar-refractivity contribution >= 4 is 35.3 Å². The molecule has 1 unspecified atom stereocenters. The van der Waals surface area contributed by atoms with Crippen molar-refractivity contribution in [1.82, 2.24) is 10.2 Å². The maximum Gasteiger partial charge on any atom is 0.308 e. The highest BCUT2D eigenvalue weighted by atomic mass is 35.5. The number of carbonyl (C=O) groups is 4. The topological polar surface area (TPSA) is 92.8 Å². The number of carbonyl (C=O) groups excluding carboxylic acids is 4. The summed E-state index contributed by atoms with van der Waals surface area (Å²) in [6.45, 7) is 2.30. The quantitative estimate of drug-likeness (QED) is 0.300. The second-order valence-electron chi connectivity index (χ2n) is 7.77. The van der Waals surface area contributed by atoms with Crippen molar-refractivity contribution in [2.45, 2.75) is 45.1 Å². The molecule has 3 amide bonds. The number of amides is 3. The molecule has 1 aliphatic rings. The SMILES string of the molecule is CCOC(=O)CC(NC(=O)CCCCCN1C(=O)c2ccccc2C1=O)c1ccccc1Cl. The number of halogens is 1. The summed E-state index contributed by atoms with van der Waals surface area (Å²) < 4.78 is 5.02. The number of rotatable bonds is 11. The Morgan fingerprint density at radius 3 is 2.24 bits per heavy atom. The van der Waals surface area contributed by atoms with Gasteiger partial charge in [-0.05, 0) is 43.5 Å². The predicted octanol–water partition coefficient (Wildman–Crippen LogP) is 4.31. The van der Waals surface area contributed by atoms with Gasteiger partial charge in [0.25, 0.3) is 11.8 Å². The number of unbranched alkanes of at least 4 members (excludes halogenated alkanes) is 2. The van der Waals surface area contributed by atoms with E-state index in [0.717, 1.165) is 0 Å². The fourth-order valence-corrected chi connectivity index (χ4v) is 4.09. The molecule has 0 saturated carbocycles. The van der Waals surface area contributed by atoms with Gasteiger partial charge in [0.05, 0.1) is 30.2 Å². The highest BCUT2D eigenvalue weighted by Crippen LogP contribution is 2.26. The lowest BCUT2D eigenvalue weighted by atomic mass is 10.0. The summed E-state index contributed by atoms with van der Waals surface area (Å²) in [5.74, 6) is -1.15. The Hall–Kier alpha value is -3.19. The zero-order valence-corrected chi connectivity index (χ0v) is 19.3. The van der Waals surface area contributed by atoms with E-state index in [2.05, 4.69) is 5.32 Å². The maximum atomic E-state index is 12.5. The van der Waals surface area contributed by atoms with E-state index in [-0.39, 0.29) is 37.2 Å². The number of nitrogens with one attached hydrogen (secondary N) is 1. The van der Waals surface area contributed by atoms with E-state index >= 15 is 0 Å². The van der Waals surface area contributed by atoms with Crippen LogP contribution in [0.15, 0.2) is 48.5 Å². The predicted molar refractivity (Wildman–Crippen MR) is 124 cm³/mol. The molecule has 0 saturated heterocycles. The lowest BCUT2D eigenvalue weighted by Crippen LogP contribution is -2.31. The van der Waals surface area contributed by atoms with Crippen molar-refractivity contribution in [2.75, 3.05) is 13.2 Å². The second-order valence-corrected chi connectivity index (χ2v) is 8.18. The molecule has 174 valence electrons. The molecule has 3 rings (SSSR count).